The van der Waals surface area contributed by atoms with Crippen LogP contribution in [-0.4, -0.2) is 66.8 Å². The van der Waals surface area contributed by atoms with Crippen LogP contribution in [0.25, 0.3) is 26.5 Å². The standard InChI is InChI=1S/C38H41ClN8O4S2/c1-24(44-35(48)31(42)7-3-4-16-40)38(49)51-20-19-50-29-14-10-25(11-15-29)32-30(21-41)37(46-34(33(32)43-2)47-17-5-6-18-47)53-23-28-22-52-36(45-28)26-8-12-27(39)13-9-26/h8-15,22,24,31H,3-7,16-20,23,40,42H2,1H3,(H,44,48)/t24-,31-/m0/s1. The summed E-state index contributed by atoms with van der Waals surface area (Å²) in [5.41, 5.74) is 15.1. The Morgan fingerprint density at radius 1 is 1.11 bits per heavy atom. The molecule has 2 aromatic heterocycles. The van der Waals surface area contributed by atoms with E-state index in [1.807, 2.05) is 41.8 Å². The Kier molecular flexibility index (Phi) is 14.5. The zero-order chi connectivity index (χ0) is 37.7. The Bertz CT molecular complexity index is 1950. The molecule has 0 spiro atoms. The number of ether oxygens (including phenoxy) is 2. The van der Waals surface area contributed by atoms with Crippen LogP contribution in [-0.2, 0) is 20.1 Å². The van der Waals surface area contributed by atoms with Crippen LogP contribution in [0.4, 0.5) is 11.5 Å². The maximum absolute atomic E-state index is 12.4. The number of nitriles is 1. The summed E-state index contributed by atoms with van der Waals surface area (Å²) in [5, 5.41) is 17.1. The second-order valence-corrected chi connectivity index (χ2v) is 14.6. The largest absolute Gasteiger partial charge is 0.490 e. The molecule has 12 nitrogen and oxygen atoms in total. The second-order valence-electron chi connectivity index (χ2n) is 12.4. The molecule has 1 aliphatic heterocycles. The highest BCUT2D eigenvalue weighted by molar-refractivity contribution is 7.98. The first-order chi connectivity index (χ1) is 25.7. The fourth-order valence-corrected chi connectivity index (χ4v) is 7.62. The van der Waals surface area contributed by atoms with E-state index in [2.05, 4.69) is 21.1 Å². The minimum atomic E-state index is -0.865. The van der Waals surface area contributed by atoms with Gasteiger partial charge in [-0.2, -0.15) is 5.26 Å². The maximum Gasteiger partial charge on any atom is 0.328 e. The molecule has 2 atom stereocenters. The summed E-state index contributed by atoms with van der Waals surface area (Å²) < 4.78 is 11.1. The lowest BCUT2D eigenvalue weighted by Crippen LogP contribution is -2.47. The first kappa shape index (κ1) is 39.5. The molecule has 0 aliphatic carbocycles. The Morgan fingerprint density at radius 2 is 1.83 bits per heavy atom. The second kappa shape index (κ2) is 19.4. The van der Waals surface area contributed by atoms with Gasteiger partial charge in [-0.25, -0.2) is 19.6 Å². The molecule has 15 heteroatoms. The van der Waals surface area contributed by atoms with Crippen LogP contribution >= 0.6 is 34.7 Å². The summed E-state index contributed by atoms with van der Waals surface area (Å²) in [4.78, 5) is 40.5. The van der Waals surface area contributed by atoms with Gasteiger partial charge in [0.1, 0.15) is 46.9 Å². The molecule has 4 aromatic rings. The maximum atomic E-state index is 12.4. The SMILES string of the molecule is [C-]#[N+]c1c(N2CCCC2)nc(SCc2csc(-c3ccc(Cl)cc3)n2)c(C#N)c1-c1ccc(OCCOC(=O)[C@H](C)NC(=O)[C@@H](N)CCCCN)cc1. The van der Waals surface area contributed by atoms with Crippen molar-refractivity contribution < 1.29 is 19.1 Å². The van der Waals surface area contributed by atoms with Crippen molar-refractivity contribution in [1.82, 2.24) is 15.3 Å². The molecule has 0 saturated carbocycles. The van der Waals surface area contributed by atoms with Crippen molar-refractivity contribution in [1.29, 1.82) is 5.26 Å². The lowest BCUT2D eigenvalue weighted by molar-refractivity contribution is -0.148. The predicted molar refractivity (Wildman–Crippen MR) is 209 cm³/mol. The number of rotatable bonds is 17. The molecule has 276 valence electrons. The van der Waals surface area contributed by atoms with E-state index in [-0.39, 0.29) is 13.2 Å². The summed E-state index contributed by atoms with van der Waals surface area (Å²) in [6.45, 7) is 11.8. The van der Waals surface area contributed by atoms with Gasteiger partial charge in [0, 0.05) is 40.4 Å². The third-order valence-corrected chi connectivity index (χ3v) is 10.7. The average molecular weight is 773 g/mol. The first-order valence-electron chi connectivity index (χ1n) is 17.3. The van der Waals surface area contributed by atoms with Crippen molar-refractivity contribution in [3.8, 4) is 33.5 Å². The summed E-state index contributed by atoms with van der Waals surface area (Å²) in [5.74, 6) is 0.572. The van der Waals surface area contributed by atoms with Crippen LogP contribution in [0.15, 0.2) is 58.9 Å². The van der Waals surface area contributed by atoms with Gasteiger partial charge in [0.05, 0.1) is 23.9 Å². The molecule has 1 saturated heterocycles. The number of benzene rings is 2. The molecule has 0 radical (unpaired) electrons. The Labute approximate surface area is 322 Å². The molecular weight excluding hydrogens is 732 g/mol. The molecular formula is C38H41ClN8O4S2. The van der Waals surface area contributed by atoms with Gasteiger partial charge < -0.3 is 31.2 Å². The number of nitrogens with zero attached hydrogens (tertiary/aromatic N) is 5. The zero-order valence-corrected chi connectivity index (χ0v) is 31.7. The molecule has 5 N–H and O–H groups in total. The van der Waals surface area contributed by atoms with Gasteiger partial charge in [-0.3, -0.25) is 4.79 Å². The number of unbranched alkanes of at least 4 members (excludes halogenated alkanes) is 1. The van der Waals surface area contributed by atoms with Crippen molar-refractivity contribution in [3.05, 3.63) is 81.6 Å². The number of carbonyl (C=O) groups is 2. The number of anilines is 1. The van der Waals surface area contributed by atoms with E-state index in [4.69, 9.17) is 49.1 Å². The van der Waals surface area contributed by atoms with Crippen LogP contribution in [0.1, 0.15) is 50.3 Å². The number of thioether (sulfide) groups is 1. The molecule has 1 amide bonds. The predicted octanol–water partition coefficient (Wildman–Crippen LogP) is 6.72. The van der Waals surface area contributed by atoms with E-state index in [1.165, 1.54) is 30.0 Å². The van der Waals surface area contributed by atoms with E-state index < -0.39 is 24.0 Å². The number of carbonyl (C=O) groups excluding carboxylic acids is 2. The van der Waals surface area contributed by atoms with Crippen LogP contribution in [0, 0.1) is 17.9 Å². The summed E-state index contributed by atoms with van der Waals surface area (Å²) >= 11 is 9.03. The number of nitrogens with two attached hydrogens (primary N) is 2. The molecule has 5 rings (SSSR count). The fraction of sp³-hybridized carbons (Fsp3) is 0.368. The van der Waals surface area contributed by atoms with Crippen molar-refractivity contribution in [2.45, 2.75) is 61.9 Å². The van der Waals surface area contributed by atoms with Gasteiger partial charge in [-0.15, -0.1) is 11.3 Å². The Morgan fingerprint density at radius 3 is 2.51 bits per heavy atom. The lowest BCUT2D eigenvalue weighted by Gasteiger charge is -2.22. The quantitative estimate of drug-likeness (QED) is 0.0450. The number of amides is 1. The van der Waals surface area contributed by atoms with Gasteiger partial charge in [0.25, 0.3) is 0 Å². The topological polar surface area (TPSA) is 174 Å². The normalized spacial score (nSPS) is 13.5. The highest BCUT2D eigenvalue weighted by Crippen LogP contribution is 2.45. The van der Waals surface area contributed by atoms with E-state index in [0.29, 0.717) is 62.7 Å². The average Bonchev–Trinajstić information content (AvgIpc) is 3.89. The highest BCUT2D eigenvalue weighted by Gasteiger charge is 2.27. The number of esters is 1. The summed E-state index contributed by atoms with van der Waals surface area (Å²) in [6.07, 6.45) is 3.99. The lowest BCUT2D eigenvalue weighted by atomic mass is 9.99. The van der Waals surface area contributed by atoms with Crippen LogP contribution in [0.5, 0.6) is 5.75 Å². The van der Waals surface area contributed by atoms with E-state index in [0.717, 1.165) is 55.0 Å². The molecule has 1 fully saturated rings. The van der Waals surface area contributed by atoms with Crippen LogP contribution < -0.4 is 26.4 Å². The number of thiazole rings is 1. The zero-order valence-electron chi connectivity index (χ0n) is 29.3. The van der Waals surface area contributed by atoms with E-state index in [9.17, 15) is 14.9 Å². The highest BCUT2D eigenvalue weighted by atomic mass is 35.5. The molecule has 2 aromatic carbocycles. The molecule has 0 unspecified atom stereocenters. The molecule has 0 bridgehead atoms. The summed E-state index contributed by atoms with van der Waals surface area (Å²) in [7, 11) is 0. The van der Waals surface area contributed by atoms with E-state index >= 15 is 0 Å². The van der Waals surface area contributed by atoms with Gasteiger partial charge >= 0.3 is 5.97 Å². The number of pyridine rings is 1. The molecule has 3 heterocycles. The van der Waals surface area contributed by atoms with Gasteiger partial charge in [0.2, 0.25) is 11.6 Å². The third-order valence-electron chi connectivity index (χ3n) is 8.51. The van der Waals surface area contributed by atoms with Crippen molar-refractivity contribution >= 4 is 58.1 Å². The fourth-order valence-electron chi connectivity index (χ4n) is 5.69. The van der Waals surface area contributed by atoms with Gasteiger partial charge in [-0.1, -0.05) is 54.0 Å². The smallest absolute Gasteiger partial charge is 0.328 e. The Balaban J connectivity index is 1.26. The monoisotopic (exact) mass is 772 g/mol. The molecule has 53 heavy (non-hydrogen) atoms. The van der Waals surface area contributed by atoms with Crippen LogP contribution in [0.2, 0.25) is 5.02 Å². The van der Waals surface area contributed by atoms with Crippen molar-refractivity contribution in [3.63, 3.8) is 0 Å². The Hall–Kier alpha value is -4.70. The summed E-state index contributed by atoms with van der Waals surface area (Å²) in [6, 6.07) is 15.4. The first-order valence-corrected chi connectivity index (χ1v) is 19.6. The van der Waals surface area contributed by atoms with Crippen molar-refractivity contribution in [2.75, 3.05) is 37.7 Å². The number of halogens is 1. The van der Waals surface area contributed by atoms with E-state index in [1.54, 1.807) is 12.1 Å². The third kappa shape index (κ3) is 10.5. The minimum absolute atomic E-state index is 0.0336. The number of hydrogen-bond acceptors (Lipinski definition) is 12. The van der Waals surface area contributed by atoms with Gasteiger partial charge in [0.15, 0.2) is 0 Å². The van der Waals surface area contributed by atoms with Crippen molar-refractivity contribution in [2.24, 2.45) is 11.5 Å². The van der Waals surface area contributed by atoms with Gasteiger partial charge in [-0.05, 0) is 69.0 Å². The molecule has 1 aliphatic rings. The number of aromatic nitrogens is 2. The number of nitrogens with one attached hydrogen (secondary N) is 1. The minimum Gasteiger partial charge on any atom is -0.490 e. The number of hydrogen-bond donors (Lipinski definition) is 3. The van der Waals surface area contributed by atoms with Crippen LogP contribution in [0.3, 0.4) is 0 Å².